The van der Waals surface area contributed by atoms with Gasteiger partial charge in [0.25, 0.3) is 0 Å². The van der Waals surface area contributed by atoms with Gasteiger partial charge in [0.15, 0.2) is 0 Å². The minimum atomic E-state index is 0. The summed E-state index contributed by atoms with van der Waals surface area (Å²) in [5.74, 6) is 0. The fraction of sp³-hybridized carbons (Fsp3) is 0.0909. The molecule has 0 saturated carbocycles. The highest BCUT2D eigenvalue weighted by Gasteiger charge is 2.13. The lowest BCUT2D eigenvalue weighted by molar-refractivity contribution is 1.01. The molecule has 144 valence electrons. The van der Waals surface area contributed by atoms with Gasteiger partial charge in [0, 0.05) is 35.8 Å². The maximum atomic E-state index is 5.88. The molecule has 0 spiro atoms. The average Bonchev–Trinajstić information content (AvgIpc) is 2.73. The van der Waals surface area contributed by atoms with Crippen LogP contribution in [0.5, 0.6) is 0 Å². The van der Waals surface area contributed by atoms with Gasteiger partial charge in [-0.15, -0.1) is 24.8 Å². The molecule has 0 aliphatic rings. The van der Waals surface area contributed by atoms with Gasteiger partial charge in [-0.05, 0) is 23.3 Å². The molecule has 0 fully saturated rings. The van der Waals surface area contributed by atoms with Gasteiger partial charge in [0.1, 0.15) is 0 Å². The summed E-state index contributed by atoms with van der Waals surface area (Å²) in [4.78, 5) is 9.37. The molecule has 4 aromatic rings. The van der Waals surface area contributed by atoms with Crippen LogP contribution in [0, 0.1) is 0 Å². The normalized spacial score (nSPS) is 10.2. The summed E-state index contributed by atoms with van der Waals surface area (Å²) in [5, 5.41) is 0.996. The lowest BCUT2D eigenvalue weighted by Gasteiger charge is -2.13. The Balaban J connectivity index is 0.00000140. The Kier molecular flexibility index (Phi) is 7.49. The molecule has 0 aliphatic carbocycles. The standard InChI is InChI=1S/C22H20N4.2ClH/c23-13-15-6-8-17(9-7-15)22-18(16-4-2-1-3-5-16)12-19-20(26-22)10-11-25-21(19)14-24;;/h1-12H,13-14,23-24H2;2*1H. The zero-order valence-electron chi connectivity index (χ0n) is 15.2. The van der Waals surface area contributed by atoms with Gasteiger partial charge >= 0.3 is 0 Å². The zero-order valence-corrected chi connectivity index (χ0v) is 16.8. The van der Waals surface area contributed by atoms with Gasteiger partial charge in [-0.25, -0.2) is 4.98 Å². The number of halogens is 2. The highest BCUT2D eigenvalue weighted by molar-refractivity contribution is 5.92. The molecule has 2 heterocycles. The molecule has 0 radical (unpaired) electrons. The van der Waals surface area contributed by atoms with Gasteiger partial charge in [0.05, 0.1) is 16.9 Å². The van der Waals surface area contributed by atoms with Crippen molar-refractivity contribution in [3.63, 3.8) is 0 Å². The van der Waals surface area contributed by atoms with Crippen molar-refractivity contribution in [3.05, 3.63) is 84.2 Å². The highest BCUT2D eigenvalue weighted by atomic mass is 35.5. The molecule has 0 atom stereocenters. The van der Waals surface area contributed by atoms with Crippen molar-refractivity contribution in [2.75, 3.05) is 0 Å². The van der Waals surface area contributed by atoms with E-state index < -0.39 is 0 Å². The van der Waals surface area contributed by atoms with Crippen molar-refractivity contribution in [2.24, 2.45) is 11.5 Å². The molecule has 28 heavy (non-hydrogen) atoms. The summed E-state index contributed by atoms with van der Waals surface area (Å²) in [6.07, 6.45) is 1.76. The molecule has 0 bridgehead atoms. The van der Waals surface area contributed by atoms with Crippen molar-refractivity contribution >= 4 is 35.7 Å². The molecular formula is C22H22Cl2N4. The smallest absolute Gasteiger partial charge is 0.0788 e. The van der Waals surface area contributed by atoms with Gasteiger partial charge in [-0.1, -0.05) is 54.6 Å². The summed E-state index contributed by atoms with van der Waals surface area (Å²) in [7, 11) is 0. The van der Waals surface area contributed by atoms with Crippen LogP contribution in [0.1, 0.15) is 11.3 Å². The van der Waals surface area contributed by atoms with E-state index in [0.717, 1.165) is 44.5 Å². The van der Waals surface area contributed by atoms with Crippen LogP contribution in [-0.4, -0.2) is 9.97 Å². The fourth-order valence-corrected chi connectivity index (χ4v) is 3.17. The van der Waals surface area contributed by atoms with Crippen LogP contribution in [0.3, 0.4) is 0 Å². The van der Waals surface area contributed by atoms with E-state index in [-0.39, 0.29) is 24.8 Å². The van der Waals surface area contributed by atoms with Crippen molar-refractivity contribution in [3.8, 4) is 22.4 Å². The van der Waals surface area contributed by atoms with Crippen molar-refractivity contribution in [2.45, 2.75) is 13.1 Å². The van der Waals surface area contributed by atoms with Gasteiger partial charge < -0.3 is 11.5 Å². The minimum absolute atomic E-state index is 0. The first-order valence-electron chi connectivity index (χ1n) is 8.63. The van der Waals surface area contributed by atoms with Crippen LogP contribution < -0.4 is 11.5 Å². The van der Waals surface area contributed by atoms with Crippen molar-refractivity contribution in [1.29, 1.82) is 0 Å². The Bertz CT molecular complexity index is 1050. The van der Waals surface area contributed by atoms with Crippen LogP contribution in [0.15, 0.2) is 72.9 Å². The van der Waals surface area contributed by atoms with E-state index in [1.807, 2.05) is 36.4 Å². The third-order valence-corrected chi connectivity index (χ3v) is 4.57. The summed E-state index contributed by atoms with van der Waals surface area (Å²) < 4.78 is 0. The Hall–Kier alpha value is -2.50. The zero-order chi connectivity index (χ0) is 17.9. The highest BCUT2D eigenvalue weighted by Crippen LogP contribution is 2.34. The van der Waals surface area contributed by atoms with E-state index in [1.165, 1.54) is 0 Å². The van der Waals surface area contributed by atoms with Crippen LogP contribution >= 0.6 is 24.8 Å². The molecule has 4 rings (SSSR count). The van der Waals surface area contributed by atoms with Crippen molar-refractivity contribution < 1.29 is 0 Å². The number of nitrogens with zero attached hydrogens (tertiary/aromatic N) is 2. The Morgan fingerprint density at radius 2 is 1.46 bits per heavy atom. The van der Waals surface area contributed by atoms with E-state index in [4.69, 9.17) is 16.5 Å². The number of rotatable bonds is 4. The second kappa shape index (κ2) is 9.62. The number of hydrogen-bond acceptors (Lipinski definition) is 4. The first-order chi connectivity index (χ1) is 12.8. The molecule has 4 N–H and O–H groups in total. The lowest BCUT2D eigenvalue weighted by atomic mass is 9.96. The van der Waals surface area contributed by atoms with E-state index in [9.17, 15) is 0 Å². The maximum Gasteiger partial charge on any atom is 0.0788 e. The molecule has 6 heteroatoms. The molecule has 4 nitrogen and oxygen atoms in total. The summed E-state index contributed by atoms with van der Waals surface area (Å²) >= 11 is 0. The Morgan fingerprint density at radius 3 is 2.11 bits per heavy atom. The molecule has 0 amide bonds. The number of benzene rings is 2. The number of nitrogens with two attached hydrogens (primary N) is 2. The Morgan fingerprint density at radius 1 is 0.750 bits per heavy atom. The number of fused-ring (bicyclic) bond motifs is 1. The topological polar surface area (TPSA) is 77.8 Å². The molecule has 0 aliphatic heterocycles. The van der Waals surface area contributed by atoms with Crippen LogP contribution in [0.2, 0.25) is 0 Å². The van der Waals surface area contributed by atoms with Crippen molar-refractivity contribution in [1.82, 2.24) is 9.97 Å². The lowest BCUT2D eigenvalue weighted by Crippen LogP contribution is -2.02. The van der Waals surface area contributed by atoms with Crippen LogP contribution in [0.25, 0.3) is 33.3 Å². The van der Waals surface area contributed by atoms with Gasteiger partial charge in [-0.2, -0.15) is 0 Å². The first-order valence-corrected chi connectivity index (χ1v) is 8.63. The molecule has 0 saturated heterocycles. The fourth-order valence-electron chi connectivity index (χ4n) is 3.17. The molecule has 2 aromatic carbocycles. The summed E-state index contributed by atoms with van der Waals surface area (Å²) in [6.45, 7) is 0.917. The second-order valence-corrected chi connectivity index (χ2v) is 6.18. The average molecular weight is 413 g/mol. The quantitative estimate of drug-likeness (QED) is 0.507. The Labute approximate surface area is 176 Å². The third-order valence-electron chi connectivity index (χ3n) is 4.57. The number of hydrogen-bond donors (Lipinski definition) is 2. The van der Waals surface area contributed by atoms with E-state index in [2.05, 4.69) is 35.3 Å². The molecule has 2 aromatic heterocycles. The number of pyridine rings is 2. The minimum Gasteiger partial charge on any atom is -0.326 e. The van der Waals surface area contributed by atoms with E-state index in [0.29, 0.717) is 13.1 Å². The van der Waals surface area contributed by atoms with Gasteiger partial charge in [-0.3, -0.25) is 4.98 Å². The predicted octanol–water partition coefficient (Wildman–Crippen LogP) is 4.72. The first kappa shape index (κ1) is 21.8. The third kappa shape index (κ3) is 4.16. The van der Waals surface area contributed by atoms with Crippen LogP contribution in [0.4, 0.5) is 0 Å². The summed E-state index contributed by atoms with van der Waals surface area (Å²) in [5.41, 5.74) is 18.7. The SMILES string of the molecule is Cl.Cl.NCc1ccc(-c2nc3ccnc(CN)c3cc2-c2ccccc2)cc1. The number of aromatic nitrogens is 2. The largest absolute Gasteiger partial charge is 0.326 e. The van der Waals surface area contributed by atoms with E-state index >= 15 is 0 Å². The molecular weight excluding hydrogens is 391 g/mol. The second-order valence-electron chi connectivity index (χ2n) is 6.18. The molecule has 0 unspecified atom stereocenters. The van der Waals surface area contributed by atoms with Gasteiger partial charge in [0.2, 0.25) is 0 Å². The van der Waals surface area contributed by atoms with Crippen LogP contribution in [-0.2, 0) is 13.1 Å². The summed E-state index contributed by atoms with van der Waals surface area (Å²) in [6, 6.07) is 22.6. The predicted molar refractivity (Wildman–Crippen MR) is 121 cm³/mol. The monoisotopic (exact) mass is 412 g/mol. The van der Waals surface area contributed by atoms with E-state index in [1.54, 1.807) is 6.20 Å². The maximum absolute atomic E-state index is 5.88.